The Morgan fingerprint density at radius 1 is 1.12 bits per heavy atom. The Morgan fingerprint density at radius 2 is 1.71 bits per heavy atom. The maximum absolute atomic E-state index is 4.27. The van der Waals surface area contributed by atoms with Crippen LogP contribution in [0.4, 0.5) is 0 Å². The first-order chi connectivity index (χ1) is 8.34. The topological polar surface area (TPSA) is 16.1 Å². The molecule has 2 nitrogen and oxygen atoms in total. The highest BCUT2D eigenvalue weighted by atomic mass is 32.1. The molecule has 2 rings (SSSR count). The molecule has 0 aromatic carbocycles. The Hall–Kier alpha value is -0.410. The molecule has 1 fully saturated rings. The summed E-state index contributed by atoms with van der Waals surface area (Å²) in [4.78, 5) is 8.23. The van der Waals surface area contributed by atoms with Crippen LogP contribution < -0.4 is 0 Å². The average molecular weight is 256 g/mol. The minimum Gasteiger partial charge on any atom is -0.298 e. The van der Waals surface area contributed by atoms with E-state index in [9.17, 15) is 0 Å². The number of thiazole rings is 1. The molecule has 0 unspecified atom stereocenters. The number of piperidine rings is 1. The molecular formula is C14H28N2S. The van der Waals surface area contributed by atoms with Crippen LogP contribution in [0.5, 0.6) is 0 Å². The lowest BCUT2D eigenvalue weighted by Crippen LogP contribution is -2.28. The predicted octanol–water partition coefficient (Wildman–Crippen LogP) is 4.49. The van der Waals surface area contributed by atoms with Crippen molar-refractivity contribution in [2.45, 2.75) is 60.4 Å². The number of rotatable bonds is 2. The summed E-state index contributed by atoms with van der Waals surface area (Å²) in [6.07, 6.45) is 6.18. The van der Waals surface area contributed by atoms with E-state index in [1.807, 2.05) is 45.2 Å². The molecule has 0 atom stereocenters. The molecule has 100 valence electrons. The van der Waals surface area contributed by atoms with Crippen LogP contribution in [0.15, 0.2) is 6.20 Å². The fourth-order valence-corrected chi connectivity index (χ4v) is 2.65. The van der Waals surface area contributed by atoms with Gasteiger partial charge in [-0.05, 0) is 32.9 Å². The first-order valence-electron chi connectivity index (χ1n) is 6.98. The van der Waals surface area contributed by atoms with Crippen molar-refractivity contribution in [2.75, 3.05) is 13.1 Å². The molecule has 2 heterocycles. The average Bonchev–Trinajstić information content (AvgIpc) is 2.81. The molecule has 0 spiro atoms. The number of aromatic nitrogens is 1. The number of hydrogen-bond donors (Lipinski definition) is 0. The van der Waals surface area contributed by atoms with Crippen molar-refractivity contribution in [2.24, 2.45) is 0 Å². The molecule has 1 aromatic rings. The highest BCUT2D eigenvalue weighted by Gasteiger charge is 2.11. The third-order valence-corrected chi connectivity index (χ3v) is 3.39. The fourth-order valence-electron chi connectivity index (χ4n) is 1.82. The van der Waals surface area contributed by atoms with Gasteiger partial charge in [-0.3, -0.25) is 4.90 Å². The molecule has 1 aromatic heterocycles. The molecule has 0 aliphatic carbocycles. The summed E-state index contributed by atoms with van der Waals surface area (Å²) in [7, 11) is 0. The van der Waals surface area contributed by atoms with Gasteiger partial charge in [-0.15, -0.1) is 11.3 Å². The quantitative estimate of drug-likeness (QED) is 0.775. The highest BCUT2D eigenvalue weighted by Crippen LogP contribution is 2.17. The van der Waals surface area contributed by atoms with Crippen molar-refractivity contribution in [1.29, 1.82) is 0 Å². The molecule has 0 N–H and O–H groups in total. The Balaban J connectivity index is 0.000000581. The third kappa shape index (κ3) is 6.79. The summed E-state index contributed by atoms with van der Waals surface area (Å²) in [5, 5.41) is 1.19. The van der Waals surface area contributed by atoms with Gasteiger partial charge in [-0.2, -0.15) is 0 Å². The van der Waals surface area contributed by atoms with Crippen LogP contribution in [0.3, 0.4) is 0 Å². The summed E-state index contributed by atoms with van der Waals surface area (Å²) < 4.78 is 0. The molecule has 3 heteroatoms. The SMILES string of the molecule is CC.CC.Cc1ncc(CN2CCCCC2)s1. The van der Waals surface area contributed by atoms with Gasteiger partial charge in [0.1, 0.15) is 0 Å². The van der Waals surface area contributed by atoms with Crippen LogP contribution in [0, 0.1) is 6.92 Å². The van der Waals surface area contributed by atoms with Gasteiger partial charge in [-0.25, -0.2) is 4.98 Å². The molecule has 0 bridgehead atoms. The van der Waals surface area contributed by atoms with Crippen LogP contribution in [-0.4, -0.2) is 23.0 Å². The van der Waals surface area contributed by atoms with Crippen molar-refractivity contribution < 1.29 is 0 Å². The number of nitrogens with zero attached hydrogens (tertiary/aromatic N) is 2. The second kappa shape index (κ2) is 10.7. The van der Waals surface area contributed by atoms with Crippen molar-refractivity contribution >= 4 is 11.3 Å². The van der Waals surface area contributed by atoms with Crippen LogP contribution in [0.1, 0.15) is 56.8 Å². The lowest BCUT2D eigenvalue weighted by atomic mass is 10.1. The van der Waals surface area contributed by atoms with E-state index < -0.39 is 0 Å². The minimum absolute atomic E-state index is 1.12. The van der Waals surface area contributed by atoms with Gasteiger partial charge in [0.05, 0.1) is 5.01 Å². The zero-order valence-electron chi connectivity index (χ0n) is 12.1. The summed E-state index contributed by atoms with van der Waals surface area (Å²) >= 11 is 1.83. The van der Waals surface area contributed by atoms with E-state index in [1.165, 1.54) is 42.2 Å². The van der Waals surface area contributed by atoms with Gasteiger partial charge in [0, 0.05) is 17.6 Å². The van der Waals surface area contributed by atoms with E-state index in [2.05, 4.69) is 16.8 Å². The second-order valence-corrected chi connectivity index (χ2v) is 5.00. The lowest BCUT2D eigenvalue weighted by molar-refractivity contribution is 0.222. The van der Waals surface area contributed by atoms with Crippen molar-refractivity contribution in [3.63, 3.8) is 0 Å². The Bertz CT molecular complexity index is 265. The van der Waals surface area contributed by atoms with E-state index in [4.69, 9.17) is 0 Å². The van der Waals surface area contributed by atoms with Gasteiger partial charge in [0.15, 0.2) is 0 Å². The van der Waals surface area contributed by atoms with Crippen LogP contribution >= 0.6 is 11.3 Å². The summed E-state index contributed by atoms with van der Waals surface area (Å²) in [5.41, 5.74) is 0. The van der Waals surface area contributed by atoms with E-state index >= 15 is 0 Å². The van der Waals surface area contributed by atoms with Crippen molar-refractivity contribution in [1.82, 2.24) is 9.88 Å². The number of likely N-dealkylation sites (tertiary alicyclic amines) is 1. The summed E-state index contributed by atoms with van der Waals surface area (Å²) in [5.74, 6) is 0. The fraction of sp³-hybridized carbons (Fsp3) is 0.786. The monoisotopic (exact) mass is 256 g/mol. The van der Waals surface area contributed by atoms with Gasteiger partial charge < -0.3 is 0 Å². The largest absolute Gasteiger partial charge is 0.298 e. The van der Waals surface area contributed by atoms with Gasteiger partial charge >= 0.3 is 0 Å². The van der Waals surface area contributed by atoms with Gasteiger partial charge in [0.2, 0.25) is 0 Å². The van der Waals surface area contributed by atoms with E-state index in [0.717, 1.165) is 6.54 Å². The van der Waals surface area contributed by atoms with Gasteiger partial charge in [-0.1, -0.05) is 34.1 Å². The first kappa shape index (κ1) is 16.6. The van der Waals surface area contributed by atoms with E-state index in [-0.39, 0.29) is 0 Å². The number of hydrogen-bond acceptors (Lipinski definition) is 3. The highest BCUT2D eigenvalue weighted by molar-refractivity contribution is 7.11. The normalized spacial score (nSPS) is 15.4. The zero-order valence-corrected chi connectivity index (χ0v) is 12.9. The molecule has 0 amide bonds. The Kier molecular flexibility index (Phi) is 10.5. The van der Waals surface area contributed by atoms with Crippen LogP contribution in [-0.2, 0) is 6.54 Å². The minimum atomic E-state index is 1.12. The molecular weight excluding hydrogens is 228 g/mol. The van der Waals surface area contributed by atoms with E-state index in [1.54, 1.807) is 0 Å². The summed E-state index contributed by atoms with van der Waals surface area (Å²) in [6, 6.07) is 0. The molecule has 1 aliphatic heterocycles. The summed E-state index contributed by atoms with van der Waals surface area (Å²) in [6.45, 7) is 13.7. The molecule has 17 heavy (non-hydrogen) atoms. The van der Waals surface area contributed by atoms with Gasteiger partial charge in [0.25, 0.3) is 0 Å². The number of aryl methyl sites for hydroxylation is 1. The maximum atomic E-state index is 4.27. The zero-order chi connectivity index (χ0) is 13.1. The molecule has 0 saturated carbocycles. The maximum Gasteiger partial charge on any atom is 0.0897 e. The van der Waals surface area contributed by atoms with Crippen molar-refractivity contribution in [3.05, 3.63) is 16.1 Å². The van der Waals surface area contributed by atoms with Crippen LogP contribution in [0.2, 0.25) is 0 Å². The predicted molar refractivity (Wildman–Crippen MR) is 78.7 cm³/mol. The standard InChI is InChI=1S/C10H16N2S.2C2H6/c1-9-11-7-10(13-9)8-12-5-3-2-4-6-12;2*1-2/h7H,2-6,8H2,1H3;2*1-2H3. The Labute approximate surface area is 111 Å². The van der Waals surface area contributed by atoms with Crippen LogP contribution in [0.25, 0.3) is 0 Å². The molecule has 0 radical (unpaired) electrons. The smallest absolute Gasteiger partial charge is 0.0897 e. The first-order valence-corrected chi connectivity index (χ1v) is 7.80. The second-order valence-electron chi connectivity index (χ2n) is 3.68. The van der Waals surface area contributed by atoms with Crippen molar-refractivity contribution in [3.8, 4) is 0 Å². The lowest BCUT2D eigenvalue weighted by Gasteiger charge is -2.25. The third-order valence-electron chi connectivity index (χ3n) is 2.50. The van der Waals surface area contributed by atoms with E-state index in [0.29, 0.717) is 0 Å². The Morgan fingerprint density at radius 3 is 2.18 bits per heavy atom. The molecule has 1 saturated heterocycles. The molecule has 1 aliphatic rings.